The summed E-state index contributed by atoms with van der Waals surface area (Å²) in [7, 11) is 0. The molecule has 0 aliphatic heterocycles. The van der Waals surface area contributed by atoms with Crippen LogP contribution >= 0.6 is 0 Å². The second-order valence-corrected chi connectivity index (χ2v) is 2.92. The number of carbonyl (C=O) groups excluding carboxylic acids is 1. The highest BCUT2D eigenvalue weighted by atomic mass is 16.4. The van der Waals surface area contributed by atoms with Crippen molar-refractivity contribution in [2.24, 2.45) is 5.73 Å². The number of amides is 1. The van der Waals surface area contributed by atoms with Crippen LogP contribution in [0.15, 0.2) is 24.5 Å². The lowest BCUT2D eigenvalue weighted by atomic mass is 10.3. The van der Waals surface area contributed by atoms with E-state index in [0.29, 0.717) is 6.54 Å². The van der Waals surface area contributed by atoms with Gasteiger partial charge in [0.2, 0.25) is 5.91 Å². The number of hydrogen-bond acceptors (Lipinski definition) is 3. The predicted molar refractivity (Wildman–Crippen MR) is 51.6 cm³/mol. The number of carboxylic acid groups (broad SMARTS) is 1. The summed E-state index contributed by atoms with van der Waals surface area (Å²) < 4.78 is 1.56. The van der Waals surface area contributed by atoms with E-state index in [1.807, 2.05) is 0 Å². The van der Waals surface area contributed by atoms with E-state index in [9.17, 15) is 9.59 Å². The molecule has 0 saturated carbocycles. The van der Waals surface area contributed by atoms with E-state index in [-0.39, 0.29) is 17.9 Å². The zero-order valence-electron chi connectivity index (χ0n) is 8.01. The van der Waals surface area contributed by atoms with Crippen LogP contribution < -0.4 is 15.8 Å². The summed E-state index contributed by atoms with van der Waals surface area (Å²) in [6.07, 6.45) is 3.35. The van der Waals surface area contributed by atoms with Gasteiger partial charge in [-0.05, 0) is 0 Å². The number of aromatic nitrogens is 1. The summed E-state index contributed by atoms with van der Waals surface area (Å²) in [5.74, 6) is -1.36. The van der Waals surface area contributed by atoms with Gasteiger partial charge in [-0.1, -0.05) is 4.68 Å². The van der Waals surface area contributed by atoms with Crippen LogP contribution in [0.4, 0.5) is 0 Å². The Kier molecular flexibility index (Phi) is 3.61. The van der Waals surface area contributed by atoms with Gasteiger partial charge in [0.1, 0.15) is 0 Å². The largest absolute Gasteiger partial charge is 0.478 e. The fourth-order valence-electron chi connectivity index (χ4n) is 0.983. The molecule has 0 saturated heterocycles. The molecule has 1 aromatic rings. The Labute approximate surface area is 86.3 Å². The van der Waals surface area contributed by atoms with Crippen molar-refractivity contribution < 1.29 is 19.4 Å². The molecular formula is C9H12N3O3+. The summed E-state index contributed by atoms with van der Waals surface area (Å²) >= 11 is 0. The van der Waals surface area contributed by atoms with Gasteiger partial charge in [-0.25, -0.2) is 4.79 Å². The number of nitrogens with two attached hydrogens (primary N) is 1. The minimum absolute atomic E-state index is 0.211. The minimum Gasteiger partial charge on any atom is -0.478 e. The van der Waals surface area contributed by atoms with Crippen LogP contribution in [0, 0.1) is 0 Å². The third-order valence-corrected chi connectivity index (χ3v) is 1.74. The van der Waals surface area contributed by atoms with Gasteiger partial charge in [0.15, 0.2) is 12.4 Å². The molecule has 80 valence electrons. The van der Waals surface area contributed by atoms with Crippen molar-refractivity contribution in [1.29, 1.82) is 0 Å². The van der Waals surface area contributed by atoms with Crippen molar-refractivity contribution in [2.75, 3.05) is 12.0 Å². The molecule has 1 amide bonds. The SMILES string of the molecule is NC(=O)CCN[n+]1ccc(C(=O)O)cc1. The molecule has 0 spiro atoms. The van der Waals surface area contributed by atoms with Crippen molar-refractivity contribution in [3.05, 3.63) is 30.1 Å². The van der Waals surface area contributed by atoms with Crippen molar-refractivity contribution >= 4 is 11.9 Å². The monoisotopic (exact) mass is 210 g/mol. The van der Waals surface area contributed by atoms with Crippen LogP contribution in [0.25, 0.3) is 0 Å². The number of rotatable bonds is 5. The Morgan fingerprint density at radius 1 is 1.40 bits per heavy atom. The van der Waals surface area contributed by atoms with Crippen LogP contribution in [0.3, 0.4) is 0 Å². The molecule has 0 fully saturated rings. The van der Waals surface area contributed by atoms with Crippen LogP contribution in [-0.2, 0) is 4.79 Å². The molecule has 6 heteroatoms. The third kappa shape index (κ3) is 3.63. The fourth-order valence-corrected chi connectivity index (χ4v) is 0.983. The lowest BCUT2D eigenvalue weighted by Crippen LogP contribution is -2.45. The molecule has 1 heterocycles. The Hall–Kier alpha value is -2.11. The summed E-state index contributed by atoms with van der Waals surface area (Å²) in [5, 5.41) is 8.63. The quantitative estimate of drug-likeness (QED) is 0.548. The number of aromatic carboxylic acids is 1. The number of nitrogens with zero attached hydrogens (tertiary/aromatic N) is 1. The molecule has 0 unspecified atom stereocenters. The van der Waals surface area contributed by atoms with E-state index in [2.05, 4.69) is 5.43 Å². The van der Waals surface area contributed by atoms with Gasteiger partial charge >= 0.3 is 5.97 Å². The summed E-state index contributed by atoms with van der Waals surface area (Å²) in [5.41, 5.74) is 8.03. The highest BCUT2D eigenvalue weighted by Gasteiger charge is 2.05. The van der Waals surface area contributed by atoms with Crippen molar-refractivity contribution in [2.45, 2.75) is 6.42 Å². The first-order valence-electron chi connectivity index (χ1n) is 4.36. The van der Waals surface area contributed by atoms with Crippen LogP contribution in [-0.4, -0.2) is 23.5 Å². The van der Waals surface area contributed by atoms with Gasteiger partial charge in [-0.15, -0.1) is 0 Å². The number of primary amides is 1. The van der Waals surface area contributed by atoms with Crippen molar-refractivity contribution in [3.63, 3.8) is 0 Å². The van der Waals surface area contributed by atoms with Crippen LogP contribution in [0.5, 0.6) is 0 Å². The Morgan fingerprint density at radius 3 is 2.47 bits per heavy atom. The van der Waals surface area contributed by atoms with E-state index in [1.54, 1.807) is 17.1 Å². The molecule has 1 aromatic heterocycles. The first-order chi connectivity index (χ1) is 7.09. The van der Waals surface area contributed by atoms with Gasteiger partial charge in [-0.3, -0.25) is 4.79 Å². The molecule has 0 radical (unpaired) electrons. The molecule has 1 rings (SSSR count). The van der Waals surface area contributed by atoms with E-state index >= 15 is 0 Å². The van der Waals surface area contributed by atoms with E-state index in [0.717, 1.165) is 0 Å². The molecule has 6 nitrogen and oxygen atoms in total. The van der Waals surface area contributed by atoms with E-state index in [4.69, 9.17) is 10.8 Å². The van der Waals surface area contributed by atoms with Gasteiger partial charge in [0, 0.05) is 18.6 Å². The first-order valence-corrected chi connectivity index (χ1v) is 4.36. The molecule has 4 N–H and O–H groups in total. The predicted octanol–water partition coefficient (Wildman–Crippen LogP) is -0.909. The van der Waals surface area contributed by atoms with E-state index in [1.165, 1.54) is 12.1 Å². The Bertz CT molecular complexity index is 361. The van der Waals surface area contributed by atoms with Gasteiger partial charge in [-0.2, -0.15) is 5.43 Å². The van der Waals surface area contributed by atoms with Crippen molar-refractivity contribution in [3.8, 4) is 0 Å². The minimum atomic E-state index is -0.973. The Balaban J connectivity index is 2.50. The zero-order valence-corrected chi connectivity index (χ0v) is 8.01. The highest BCUT2D eigenvalue weighted by molar-refractivity contribution is 5.87. The third-order valence-electron chi connectivity index (χ3n) is 1.74. The molecule has 0 bridgehead atoms. The number of pyridine rings is 1. The van der Waals surface area contributed by atoms with Crippen LogP contribution in [0.1, 0.15) is 16.8 Å². The maximum Gasteiger partial charge on any atom is 0.336 e. The lowest BCUT2D eigenvalue weighted by molar-refractivity contribution is -0.650. The Morgan fingerprint density at radius 2 is 2.00 bits per heavy atom. The standard InChI is InChI=1S/C9H11N3O3/c10-8(13)1-4-11-12-5-2-7(3-6-12)9(14)15/h2-3,5-6,11H,1,4H2,(H2-,10,13,14,15)/p+1. The molecule has 0 aliphatic carbocycles. The van der Waals surface area contributed by atoms with Crippen LogP contribution in [0.2, 0.25) is 0 Å². The maximum absolute atomic E-state index is 10.5. The fraction of sp³-hybridized carbons (Fsp3) is 0.222. The highest BCUT2D eigenvalue weighted by Crippen LogP contribution is 1.93. The van der Waals surface area contributed by atoms with Gasteiger partial charge < -0.3 is 10.8 Å². The number of hydrogen-bond donors (Lipinski definition) is 3. The molecule has 0 aromatic carbocycles. The number of carbonyl (C=O) groups is 2. The molecule has 0 aliphatic rings. The smallest absolute Gasteiger partial charge is 0.336 e. The van der Waals surface area contributed by atoms with E-state index < -0.39 is 5.97 Å². The van der Waals surface area contributed by atoms with Crippen molar-refractivity contribution in [1.82, 2.24) is 0 Å². The normalized spacial score (nSPS) is 9.60. The molecular weight excluding hydrogens is 198 g/mol. The topological polar surface area (TPSA) is 96.3 Å². The maximum atomic E-state index is 10.5. The second-order valence-electron chi connectivity index (χ2n) is 2.92. The summed E-state index contributed by atoms with van der Waals surface area (Å²) in [6.45, 7) is 0.409. The number of carboxylic acids is 1. The number of nitrogens with one attached hydrogen (secondary N) is 1. The zero-order chi connectivity index (χ0) is 11.3. The molecule has 0 atom stereocenters. The first kappa shape index (κ1) is 11.0. The summed E-state index contributed by atoms with van der Waals surface area (Å²) in [6, 6.07) is 2.92. The second kappa shape index (κ2) is 4.94. The lowest BCUT2D eigenvalue weighted by Gasteiger charge is -1.98. The summed E-state index contributed by atoms with van der Waals surface area (Å²) in [4.78, 5) is 21.0. The molecule has 15 heavy (non-hydrogen) atoms. The van der Waals surface area contributed by atoms with Gasteiger partial charge in [0.25, 0.3) is 0 Å². The van der Waals surface area contributed by atoms with Gasteiger partial charge in [0.05, 0.1) is 12.1 Å². The average Bonchev–Trinajstić information content (AvgIpc) is 2.18. The average molecular weight is 210 g/mol.